The summed E-state index contributed by atoms with van der Waals surface area (Å²) in [6.07, 6.45) is 1.90. The number of ether oxygens (including phenoxy) is 2. The summed E-state index contributed by atoms with van der Waals surface area (Å²) >= 11 is 0. The van der Waals surface area contributed by atoms with E-state index in [9.17, 15) is 0 Å². The van der Waals surface area contributed by atoms with Crippen LogP contribution in [0, 0.1) is 0 Å². The molecular weight excluding hydrogens is 194 g/mol. The van der Waals surface area contributed by atoms with E-state index in [0.717, 1.165) is 12.8 Å². The van der Waals surface area contributed by atoms with Crippen molar-refractivity contribution in [2.75, 3.05) is 26.4 Å². The molecule has 0 aliphatic heterocycles. The predicted molar refractivity (Wildman–Crippen MR) is 60.8 cm³/mol. The second kappa shape index (κ2) is 8.05. The molecule has 4 nitrogen and oxygen atoms in total. The molecule has 0 aliphatic rings. The number of hydrogen-bond acceptors (Lipinski definition) is 4. The average Bonchev–Trinajstić information content (AvgIpc) is 2.16. The second-order valence-corrected chi connectivity index (χ2v) is 4.45. The van der Waals surface area contributed by atoms with Crippen LogP contribution in [0.1, 0.15) is 33.6 Å². The van der Waals surface area contributed by atoms with E-state index >= 15 is 0 Å². The van der Waals surface area contributed by atoms with Gasteiger partial charge < -0.3 is 20.3 Å². The van der Waals surface area contributed by atoms with Crippen molar-refractivity contribution in [2.24, 2.45) is 5.73 Å². The van der Waals surface area contributed by atoms with Gasteiger partial charge in [-0.15, -0.1) is 0 Å². The molecule has 0 heterocycles. The van der Waals surface area contributed by atoms with Crippen molar-refractivity contribution in [3.63, 3.8) is 0 Å². The van der Waals surface area contributed by atoms with Gasteiger partial charge in [0.1, 0.15) is 0 Å². The van der Waals surface area contributed by atoms with Crippen LogP contribution in [0.3, 0.4) is 0 Å². The van der Waals surface area contributed by atoms with Crippen molar-refractivity contribution in [2.45, 2.75) is 45.3 Å². The Balaban J connectivity index is 3.18. The van der Waals surface area contributed by atoms with Crippen LogP contribution in [0.4, 0.5) is 0 Å². The molecule has 0 saturated heterocycles. The standard InChI is InChI=1S/C11H25NO3/c1-10(2)15-8-7-14-6-4-5-11(3,12)9-13/h10,13H,4-9,12H2,1-3H3. The van der Waals surface area contributed by atoms with Crippen LogP contribution in [0.15, 0.2) is 0 Å². The van der Waals surface area contributed by atoms with Crippen LogP contribution < -0.4 is 5.73 Å². The Hall–Kier alpha value is -0.160. The van der Waals surface area contributed by atoms with Crippen molar-refractivity contribution in [3.05, 3.63) is 0 Å². The summed E-state index contributed by atoms with van der Waals surface area (Å²) in [6, 6.07) is 0. The van der Waals surface area contributed by atoms with Crippen LogP contribution in [-0.4, -0.2) is 43.2 Å². The summed E-state index contributed by atoms with van der Waals surface area (Å²) in [4.78, 5) is 0. The zero-order valence-corrected chi connectivity index (χ0v) is 10.2. The monoisotopic (exact) mass is 219 g/mol. The third-order valence-corrected chi connectivity index (χ3v) is 2.08. The quantitative estimate of drug-likeness (QED) is 0.566. The van der Waals surface area contributed by atoms with Gasteiger partial charge in [-0.3, -0.25) is 0 Å². The van der Waals surface area contributed by atoms with Gasteiger partial charge in [0.25, 0.3) is 0 Å². The molecule has 1 atom stereocenters. The van der Waals surface area contributed by atoms with E-state index in [1.807, 2.05) is 20.8 Å². The number of hydrogen-bond donors (Lipinski definition) is 2. The molecular formula is C11H25NO3. The summed E-state index contributed by atoms with van der Waals surface area (Å²) in [5, 5.41) is 8.91. The molecule has 4 heteroatoms. The normalized spacial score (nSPS) is 15.6. The summed E-state index contributed by atoms with van der Waals surface area (Å²) in [5.74, 6) is 0. The molecule has 0 fully saturated rings. The molecule has 0 spiro atoms. The van der Waals surface area contributed by atoms with Crippen molar-refractivity contribution >= 4 is 0 Å². The van der Waals surface area contributed by atoms with Gasteiger partial charge in [-0.25, -0.2) is 0 Å². The van der Waals surface area contributed by atoms with Crippen LogP contribution in [0.5, 0.6) is 0 Å². The van der Waals surface area contributed by atoms with Crippen LogP contribution >= 0.6 is 0 Å². The number of rotatable bonds is 9. The Morgan fingerprint density at radius 2 is 1.93 bits per heavy atom. The van der Waals surface area contributed by atoms with E-state index in [4.69, 9.17) is 20.3 Å². The Bertz CT molecular complexity index is 149. The van der Waals surface area contributed by atoms with Gasteiger partial charge in [0.15, 0.2) is 0 Å². The van der Waals surface area contributed by atoms with Crippen molar-refractivity contribution in [3.8, 4) is 0 Å². The fraction of sp³-hybridized carbons (Fsp3) is 1.00. The van der Waals surface area contributed by atoms with Gasteiger partial charge in [-0.05, 0) is 33.6 Å². The number of aliphatic hydroxyl groups is 1. The third-order valence-electron chi connectivity index (χ3n) is 2.08. The second-order valence-electron chi connectivity index (χ2n) is 4.45. The lowest BCUT2D eigenvalue weighted by Gasteiger charge is -2.21. The van der Waals surface area contributed by atoms with Gasteiger partial charge in [0, 0.05) is 12.1 Å². The fourth-order valence-electron chi connectivity index (χ4n) is 1.10. The Morgan fingerprint density at radius 1 is 1.27 bits per heavy atom. The van der Waals surface area contributed by atoms with E-state index in [1.54, 1.807) is 0 Å². The summed E-state index contributed by atoms with van der Waals surface area (Å²) in [7, 11) is 0. The van der Waals surface area contributed by atoms with Gasteiger partial charge in [-0.2, -0.15) is 0 Å². The van der Waals surface area contributed by atoms with E-state index in [1.165, 1.54) is 0 Å². The highest BCUT2D eigenvalue weighted by molar-refractivity contribution is 4.76. The maximum absolute atomic E-state index is 8.91. The minimum atomic E-state index is -0.474. The molecule has 0 rings (SSSR count). The molecule has 15 heavy (non-hydrogen) atoms. The smallest absolute Gasteiger partial charge is 0.0703 e. The zero-order chi connectivity index (χ0) is 11.7. The maximum Gasteiger partial charge on any atom is 0.0703 e. The highest BCUT2D eigenvalue weighted by atomic mass is 16.5. The topological polar surface area (TPSA) is 64.7 Å². The summed E-state index contributed by atoms with van der Waals surface area (Å²) in [5.41, 5.74) is 5.29. The molecule has 0 aromatic carbocycles. The first kappa shape index (κ1) is 14.8. The molecule has 3 N–H and O–H groups in total. The Labute approximate surface area is 92.7 Å². The van der Waals surface area contributed by atoms with Gasteiger partial charge >= 0.3 is 0 Å². The van der Waals surface area contributed by atoms with E-state index in [-0.39, 0.29) is 12.7 Å². The molecule has 0 saturated carbocycles. The van der Waals surface area contributed by atoms with Crippen molar-refractivity contribution < 1.29 is 14.6 Å². The predicted octanol–water partition coefficient (Wildman–Crippen LogP) is 0.918. The van der Waals surface area contributed by atoms with Crippen molar-refractivity contribution in [1.82, 2.24) is 0 Å². The SMILES string of the molecule is CC(C)OCCOCCCC(C)(N)CO. The van der Waals surface area contributed by atoms with Gasteiger partial charge in [-0.1, -0.05) is 0 Å². The van der Waals surface area contributed by atoms with Crippen molar-refractivity contribution in [1.29, 1.82) is 0 Å². The highest BCUT2D eigenvalue weighted by Crippen LogP contribution is 2.07. The first-order valence-corrected chi connectivity index (χ1v) is 5.57. The minimum absolute atomic E-state index is 0.0173. The lowest BCUT2D eigenvalue weighted by Crippen LogP contribution is -2.40. The first-order chi connectivity index (χ1) is 6.98. The van der Waals surface area contributed by atoms with E-state index < -0.39 is 5.54 Å². The third kappa shape index (κ3) is 10.1. The Kier molecular flexibility index (Phi) is 7.96. The maximum atomic E-state index is 8.91. The van der Waals surface area contributed by atoms with Crippen LogP contribution in [0.25, 0.3) is 0 Å². The molecule has 1 unspecified atom stereocenters. The molecule has 0 aromatic heterocycles. The Morgan fingerprint density at radius 3 is 2.47 bits per heavy atom. The molecule has 0 radical (unpaired) electrons. The zero-order valence-electron chi connectivity index (χ0n) is 10.2. The van der Waals surface area contributed by atoms with Crippen LogP contribution in [-0.2, 0) is 9.47 Å². The summed E-state index contributed by atoms with van der Waals surface area (Å²) < 4.78 is 10.7. The highest BCUT2D eigenvalue weighted by Gasteiger charge is 2.15. The largest absolute Gasteiger partial charge is 0.394 e. The lowest BCUT2D eigenvalue weighted by molar-refractivity contribution is 0.0174. The van der Waals surface area contributed by atoms with E-state index in [0.29, 0.717) is 19.8 Å². The molecule has 92 valence electrons. The molecule has 0 bridgehead atoms. The molecule has 0 aliphatic carbocycles. The fourth-order valence-corrected chi connectivity index (χ4v) is 1.10. The number of nitrogens with two attached hydrogens (primary N) is 1. The van der Waals surface area contributed by atoms with Crippen LogP contribution in [0.2, 0.25) is 0 Å². The lowest BCUT2D eigenvalue weighted by atomic mass is 9.99. The average molecular weight is 219 g/mol. The molecule has 0 amide bonds. The van der Waals surface area contributed by atoms with E-state index in [2.05, 4.69) is 0 Å². The minimum Gasteiger partial charge on any atom is -0.394 e. The summed E-state index contributed by atoms with van der Waals surface area (Å²) in [6.45, 7) is 7.80. The number of aliphatic hydroxyl groups excluding tert-OH is 1. The van der Waals surface area contributed by atoms with Gasteiger partial charge in [0.2, 0.25) is 0 Å². The van der Waals surface area contributed by atoms with Gasteiger partial charge in [0.05, 0.1) is 25.9 Å². The first-order valence-electron chi connectivity index (χ1n) is 5.57. The molecule has 0 aromatic rings.